The Bertz CT molecular complexity index is 378. The summed E-state index contributed by atoms with van der Waals surface area (Å²) in [4.78, 5) is 2.15. The van der Waals surface area contributed by atoms with E-state index in [1.165, 1.54) is 5.57 Å². The van der Waals surface area contributed by atoms with Gasteiger partial charge in [-0.2, -0.15) is 5.26 Å². The van der Waals surface area contributed by atoms with Gasteiger partial charge in [0.2, 0.25) is 0 Å². The minimum Gasteiger partial charge on any atom is -0.371 e. The number of likely N-dealkylation sites (N-methyl/N-ethyl adjacent to an activating group) is 1. The van der Waals surface area contributed by atoms with Crippen LogP contribution in [0.5, 0.6) is 0 Å². The Morgan fingerprint density at radius 1 is 1.33 bits per heavy atom. The molecular formula is C13H16N2. The van der Waals surface area contributed by atoms with Crippen molar-refractivity contribution in [1.82, 2.24) is 0 Å². The normalized spacial score (nSPS) is 9.20. The highest BCUT2D eigenvalue weighted by atomic mass is 15.1. The fourth-order valence-electron chi connectivity index (χ4n) is 1.22. The summed E-state index contributed by atoms with van der Waals surface area (Å²) < 4.78 is 0. The van der Waals surface area contributed by atoms with Crippen molar-refractivity contribution >= 4 is 5.69 Å². The maximum atomic E-state index is 8.67. The molecular weight excluding hydrogens is 184 g/mol. The van der Waals surface area contributed by atoms with E-state index in [2.05, 4.69) is 30.9 Å². The van der Waals surface area contributed by atoms with Gasteiger partial charge in [-0.1, -0.05) is 11.6 Å². The van der Waals surface area contributed by atoms with E-state index in [0.717, 1.165) is 12.2 Å². The van der Waals surface area contributed by atoms with Crippen LogP contribution in [0.3, 0.4) is 0 Å². The zero-order valence-electron chi connectivity index (χ0n) is 9.49. The molecule has 0 bridgehead atoms. The highest BCUT2D eigenvalue weighted by molar-refractivity contribution is 5.49. The maximum Gasteiger partial charge on any atom is 0.0991 e. The largest absolute Gasteiger partial charge is 0.371 e. The minimum atomic E-state index is 0.703. The van der Waals surface area contributed by atoms with E-state index in [0.29, 0.717) is 5.56 Å². The van der Waals surface area contributed by atoms with Crippen LogP contribution in [0.1, 0.15) is 19.4 Å². The van der Waals surface area contributed by atoms with Crippen LogP contribution in [-0.2, 0) is 0 Å². The number of nitrogens with zero attached hydrogens (tertiary/aromatic N) is 2. The first-order chi connectivity index (χ1) is 7.13. The Morgan fingerprint density at radius 3 is 2.40 bits per heavy atom. The third-order valence-electron chi connectivity index (χ3n) is 2.21. The van der Waals surface area contributed by atoms with E-state index in [1.54, 1.807) is 0 Å². The van der Waals surface area contributed by atoms with Crippen molar-refractivity contribution in [3.63, 3.8) is 0 Å². The first-order valence-corrected chi connectivity index (χ1v) is 4.98. The molecule has 2 heteroatoms. The van der Waals surface area contributed by atoms with E-state index in [4.69, 9.17) is 5.26 Å². The maximum absolute atomic E-state index is 8.67. The van der Waals surface area contributed by atoms with Gasteiger partial charge in [-0.05, 0) is 38.1 Å². The second-order valence-corrected chi connectivity index (χ2v) is 3.82. The summed E-state index contributed by atoms with van der Waals surface area (Å²) in [6, 6.07) is 9.74. The van der Waals surface area contributed by atoms with Crippen LogP contribution >= 0.6 is 0 Å². The monoisotopic (exact) mass is 200 g/mol. The van der Waals surface area contributed by atoms with Crippen LogP contribution in [0, 0.1) is 11.3 Å². The molecule has 0 heterocycles. The molecule has 0 spiro atoms. The zero-order chi connectivity index (χ0) is 11.3. The summed E-state index contributed by atoms with van der Waals surface area (Å²) >= 11 is 0. The van der Waals surface area contributed by atoms with Gasteiger partial charge in [0.1, 0.15) is 0 Å². The predicted octanol–water partition coefficient (Wildman–Crippen LogP) is 2.96. The van der Waals surface area contributed by atoms with Crippen molar-refractivity contribution in [2.45, 2.75) is 13.8 Å². The molecule has 0 radical (unpaired) electrons. The van der Waals surface area contributed by atoms with Crippen LogP contribution in [0.15, 0.2) is 35.9 Å². The van der Waals surface area contributed by atoms with Crippen LogP contribution in [-0.4, -0.2) is 13.6 Å². The Hall–Kier alpha value is -1.75. The molecule has 0 atom stereocenters. The smallest absolute Gasteiger partial charge is 0.0991 e. The number of anilines is 1. The molecule has 78 valence electrons. The number of benzene rings is 1. The highest BCUT2D eigenvalue weighted by Crippen LogP contribution is 2.13. The van der Waals surface area contributed by atoms with Gasteiger partial charge in [0.15, 0.2) is 0 Å². The predicted molar refractivity (Wildman–Crippen MR) is 63.9 cm³/mol. The van der Waals surface area contributed by atoms with Gasteiger partial charge in [0.05, 0.1) is 11.6 Å². The molecule has 0 unspecified atom stereocenters. The van der Waals surface area contributed by atoms with Crippen molar-refractivity contribution in [3.8, 4) is 6.07 Å². The summed E-state index contributed by atoms with van der Waals surface area (Å²) in [7, 11) is 2.04. The van der Waals surface area contributed by atoms with E-state index >= 15 is 0 Å². The van der Waals surface area contributed by atoms with E-state index in [-0.39, 0.29) is 0 Å². The molecule has 0 aliphatic rings. The lowest BCUT2D eigenvalue weighted by Crippen LogP contribution is -2.16. The standard InChI is InChI=1S/C13H16N2/c1-11(2)8-9-15(3)13-6-4-12(10-14)5-7-13/h4-8H,9H2,1-3H3. The van der Waals surface area contributed by atoms with Crippen molar-refractivity contribution in [3.05, 3.63) is 41.5 Å². The molecule has 1 aromatic rings. The summed E-state index contributed by atoms with van der Waals surface area (Å²) in [5.74, 6) is 0. The van der Waals surface area contributed by atoms with Gasteiger partial charge in [0, 0.05) is 19.3 Å². The molecule has 1 rings (SSSR count). The number of hydrogen-bond acceptors (Lipinski definition) is 2. The average Bonchev–Trinajstić information content (AvgIpc) is 2.26. The lowest BCUT2D eigenvalue weighted by atomic mass is 10.2. The number of nitriles is 1. The Kier molecular flexibility index (Phi) is 3.93. The van der Waals surface area contributed by atoms with Gasteiger partial charge in [0.25, 0.3) is 0 Å². The molecule has 1 aromatic carbocycles. The average molecular weight is 200 g/mol. The molecule has 2 nitrogen and oxygen atoms in total. The number of hydrogen-bond donors (Lipinski definition) is 0. The van der Waals surface area contributed by atoms with Gasteiger partial charge in [-0.15, -0.1) is 0 Å². The first kappa shape index (κ1) is 11.3. The van der Waals surface area contributed by atoms with Gasteiger partial charge in [-0.25, -0.2) is 0 Å². The van der Waals surface area contributed by atoms with Crippen molar-refractivity contribution < 1.29 is 0 Å². The Labute approximate surface area is 91.4 Å². The molecule has 0 saturated carbocycles. The molecule has 0 N–H and O–H groups in total. The summed E-state index contributed by atoms with van der Waals surface area (Å²) in [5, 5.41) is 8.67. The lowest BCUT2D eigenvalue weighted by molar-refractivity contribution is 1.02. The second-order valence-electron chi connectivity index (χ2n) is 3.82. The van der Waals surface area contributed by atoms with E-state index in [1.807, 2.05) is 31.3 Å². The van der Waals surface area contributed by atoms with Gasteiger partial charge < -0.3 is 4.90 Å². The number of allylic oxidation sites excluding steroid dienone is 1. The molecule has 0 amide bonds. The van der Waals surface area contributed by atoms with Crippen molar-refractivity contribution in [2.75, 3.05) is 18.5 Å². The summed E-state index contributed by atoms with van der Waals surface area (Å²) in [6.45, 7) is 5.08. The quantitative estimate of drug-likeness (QED) is 0.701. The minimum absolute atomic E-state index is 0.703. The van der Waals surface area contributed by atoms with E-state index < -0.39 is 0 Å². The fraction of sp³-hybridized carbons (Fsp3) is 0.308. The SMILES string of the molecule is CC(C)=CCN(C)c1ccc(C#N)cc1. The molecule has 0 aliphatic carbocycles. The molecule has 0 fully saturated rings. The Balaban J connectivity index is 2.71. The Morgan fingerprint density at radius 2 is 1.93 bits per heavy atom. The summed E-state index contributed by atoms with van der Waals surface area (Å²) in [5.41, 5.74) is 3.15. The van der Waals surface area contributed by atoms with Gasteiger partial charge in [-0.3, -0.25) is 0 Å². The molecule has 0 saturated heterocycles. The van der Waals surface area contributed by atoms with Crippen LogP contribution in [0.2, 0.25) is 0 Å². The third kappa shape index (κ3) is 3.47. The first-order valence-electron chi connectivity index (χ1n) is 4.98. The van der Waals surface area contributed by atoms with Gasteiger partial charge >= 0.3 is 0 Å². The molecule has 0 aromatic heterocycles. The van der Waals surface area contributed by atoms with Crippen molar-refractivity contribution in [1.29, 1.82) is 5.26 Å². The molecule has 15 heavy (non-hydrogen) atoms. The van der Waals surface area contributed by atoms with Crippen LogP contribution in [0.25, 0.3) is 0 Å². The topological polar surface area (TPSA) is 27.0 Å². The van der Waals surface area contributed by atoms with Crippen molar-refractivity contribution in [2.24, 2.45) is 0 Å². The summed E-state index contributed by atoms with van der Waals surface area (Å²) in [6.07, 6.45) is 2.18. The van der Waals surface area contributed by atoms with E-state index in [9.17, 15) is 0 Å². The third-order valence-corrected chi connectivity index (χ3v) is 2.21. The molecule has 0 aliphatic heterocycles. The lowest BCUT2D eigenvalue weighted by Gasteiger charge is -2.17. The zero-order valence-corrected chi connectivity index (χ0v) is 9.49. The number of rotatable bonds is 3. The highest BCUT2D eigenvalue weighted by Gasteiger charge is 1.98. The fourth-order valence-corrected chi connectivity index (χ4v) is 1.22. The van der Waals surface area contributed by atoms with Crippen LogP contribution in [0.4, 0.5) is 5.69 Å². The van der Waals surface area contributed by atoms with Crippen LogP contribution < -0.4 is 4.90 Å². The second kappa shape index (κ2) is 5.21.